The molecule has 0 saturated carbocycles. The summed E-state index contributed by atoms with van der Waals surface area (Å²) in [4.78, 5) is 38.5. The van der Waals surface area contributed by atoms with Crippen molar-refractivity contribution >= 4 is 71.3 Å². The predicted octanol–water partition coefficient (Wildman–Crippen LogP) is -7.44. The zero-order valence-electron chi connectivity index (χ0n) is 6.53. The molecule has 9 N–H and O–H groups in total. The largest absolute Gasteiger partial charge is 0.668 e. The highest BCUT2D eigenvalue weighted by atomic mass is 28.4. The molecule has 0 spiro atoms. The third-order valence-electron chi connectivity index (χ3n) is 0.175. The van der Waals surface area contributed by atoms with E-state index in [1.807, 2.05) is 0 Å². The lowest BCUT2D eigenvalue weighted by Crippen LogP contribution is -2.33. The number of carbonyl (C=O) groups is 1. The van der Waals surface area contributed by atoms with Crippen molar-refractivity contribution in [3.05, 3.63) is 0 Å². The SMILES string of the molecule is NCC(=O)O.O[Si](O)(O)O.[AlH3].[MgH2].[OH][AlH][OH]. The fourth-order valence-electron chi connectivity index (χ4n) is 0. The van der Waals surface area contributed by atoms with Crippen LogP contribution in [0.4, 0.5) is 0 Å². The number of nitrogens with two attached hydrogens (primary N) is 1. The van der Waals surface area contributed by atoms with Crippen LogP contribution in [0.2, 0.25) is 0 Å². The Hall–Kier alpha value is 1.24. The van der Waals surface area contributed by atoms with E-state index in [9.17, 15) is 4.79 Å². The normalized spacial score (nSPS) is 7.40. The summed E-state index contributed by atoms with van der Waals surface area (Å²) < 4.78 is 14.5. The summed E-state index contributed by atoms with van der Waals surface area (Å²) in [5.41, 5.74) is 4.57. The molecule has 0 saturated heterocycles. The quantitative estimate of drug-likeness (QED) is 0.217. The molecule has 0 unspecified atom stereocenters. The van der Waals surface area contributed by atoms with Crippen molar-refractivity contribution in [3.63, 3.8) is 0 Å². The molecule has 0 rings (SSSR count). The predicted molar refractivity (Wildman–Crippen MR) is 61.4 cm³/mol. The third kappa shape index (κ3) is 255. The zero-order chi connectivity index (χ0) is 11.5. The summed E-state index contributed by atoms with van der Waals surface area (Å²) in [7, 11) is -4.61. The second-order valence-electron chi connectivity index (χ2n) is 1.34. The van der Waals surface area contributed by atoms with Gasteiger partial charge in [0, 0.05) is 0 Å². The summed E-state index contributed by atoms with van der Waals surface area (Å²) in [6, 6.07) is 0. The fourth-order valence-corrected chi connectivity index (χ4v) is 0. The molecule has 0 atom stereocenters. The summed E-state index contributed by atoms with van der Waals surface area (Å²) in [6.07, 6.45) is 0. The molecular weight excluding hydrogens is 272 g/mol. The minimum absolute atomic E-state index is 0. The molecule has 0 aromatic heterocycles. The van der Waals surface area contributed by atoms with E-state index in [0.29, 0.717) is 0 Å². The number of rotatable bonds is 1. The second-order valence-corrected chi connectivity index (χ2v) is 2.82. The van der Waals surface area contributed by atoms with E-state index in [0.717, 1.165) is 0 Å². The van der Waals surface area contributed by atoms with Gasteiger partial charge in [-0.2, -0.15) is 0 Å². The van der Waals surface area contributed by atoms with E-state index < -0.39 is 30.9 Å². The molecule has 9 nitrogen and oxygen atoms in total. The van der Waals surface area contributed by atoms with Crippen molar-refractivity contribution in [2.24, 2.45) is 5.73 Å². The average molecular weight is 290 g/mol. The van der Waals surface area contributed by atoms with E-state index >= 15 is 0 Å². The maximum absolute atomic E-state index is 9.24. The van der Waals surface area contributed by atoms with Crippen LogP contribution in [-0.4, -0.2) is 110 Å². The topological polar surface area (TPSA) is 185 Å². The minimum Gasteiger partial charge on any atom is -0.496 e. The first-order valence-corrected chi connectivity index (χ1v) is 5.77. The lowest BCUT2D eigenvalue weighted by molar-refractivity contribution is -0.135. The van der Waals surface area contributed by atoms with Crippen LogP contribution in [-0.2, 0) is 4.79 Å². The van der Waals surface area contributed by atoms with Gasteiger partial charge in [-0.3, -0.25) is 4.79 Å². The fraction of sp³-hybridized carbons (Fsp3) is 0.500. The summed E-state index contributed by atoms with van der Waals surface area (Å²) in [5.74, 6) is -0.968. The molecule has 0 aliphatic heterocycles. The van der Waals surface area contributed by atoms with Crippen molar-refractivity contribution in [2.45, 2.75) is 0 Å². The number of hydrogen-bond donors (Lipinski definition) is 8. The smallest absolute Gasteiger partial charge is 0.496 e. The Labute approximate surface area is 120 Å². The van der Waals surface area contributed by atoms with Crippen molar-refractivity contribution in [1.82, 2.24) is 0 Å². The Balaban J connectivity index is -0.0000000322. The Morgan fingerprint density at radius 2 is 1.27 bits per heavy atom. The highest BCUT2D eigenvalue weighted by Gasteiger charge is 2.22. The average Bonchev–Trinajstić information content (AvgIpc) is 1.85. The lowest BCUT2D eigenvalue weighted by Gasteiger charge is -1.91. The van der Waals surface area contributed by atoms with Gasteiger partial charge >= 0.3 is 54.0 Å². The van der Waals surface area contributed by atoms with E-state index in [2.05, 4.69) is 5.73 Å². The van der Waals surface area contributed by atoms with Crippen molar-refractivity contribution < 1.29 is 37.4 Å². The van der Waals surface area contributed by atoms with Crippen molar-refractivity contribution in [2.75, 3.05) is 6.54 Å². The van der Waals surface area contributed by atoms with Crippen LogP contribution < -0.4 is 5.73 Å². The van der Waals surface area contributed by atoms with Crippen LogP contribution in [0.3, 0.4) is 0 Å². The molecule has 0 radical (unpaired) electrons. The second kappa shape index (κ2) is 20.6. The van der Waals surface area contributed by atoms with E-state index in [1.54, 1.807) is 0 Å². The van der Waals surface area contributed by atoms with Gasteiger partial charge in [-0.05, 0) is 0 Å². The molecule has 0 bridgehead atoms. The van der Waals surface area contributed by atoms with Crippen molar-refractivity contribution in [1.29, 1.82) is 0 Å². The summed E-state index contributed by atoms with van der Waals surface area (Å²) in [5, 5.41) is 7.60. The minimum atomic E-state index is -4.61. The Bertz CT molecular complexity index is 118. The van der Waals surface area contributed by atoms with Crippen LogP contribution in [0, 0.1) is 0 Å². The van der Waals surface area contributed by atoms with Gasteiger partial charge in [-0.25, -0.2) is 0 Å². The first-order valence-electron chi connectivity index (χ1n) is 2.72. The van der Waals surface area contributed by atoms with E-state index in [1.165, 1.54) is 0 Å². The third-order valence-corrected chi connectivity index (χ3v) is 0.175. The molecule has 0 heterocycles. The van der Waals surface area contributed by atoms with Crippen LogP contribution >= 0.6 is 0 Å². The maximum atomic E-state index is 9.24. The number of carboxylic acids is 1. The van der Waals surface area contributed by atoms with Crippen LogP contribution in [0.5, 0.6) is 0 Å². The monoisotopic (exact) mass is 289 g/mol. The Morgan fingerprint density at radius 1 is 1.20 bits per heavy atom. The molecule has 15 heavy (non-hydrogen) atoms. The van der Waals surface area contributed by atoms with E-state index in [4.69, 9.17) is 32.6 Å². The molecule has 90 valence electrons. The van der Waals surface area contributed by atoms with Gasteiger partial charge in [-0.1, -0.05) is 0 Å². The standard InChI is InChI=1S/C2H5NO2.2Al.Mg.H4O4Si.2H2O.6H/c3-1-2(4)5;;;;1-5(2,3)4;;;;;;;;/h1,3H2,(H,4,5);;;;1-4H;2*1H2;;;;;;/q;;+2;;;;;;;;;;/p-2. The Kier molecular flexibility index (Phi) is 41.1. The van der Waals surface area contributed by atoms with Gasteiger partial charge in [0.2, 0.25) is 0 Å². The number of carboxylic acid groups (broad SMARTS) is 1. The van der Waals surface area contributed by atoms with Crippen LogP contribution in [0.25, 0.3) is 0 Å². The molecule has 0 aromatic carbocycles. The maximum Gasteiger partial charge on any atom is 0.668 e. The number of hydrogen-bond acceptors (Lipinski definition) is 8. The molecular formula is C2H17Al2MgNO8Si. The van der Waals surface area contributed by atoms with Gasteiger partial charge in [0.25, 0.3) is 0 Å². The highest BCUT2D eigenvalue weighted by molar-refractivity contribution is 6.46. The lowest BCUT2D eigenvalue weighted by atomic mass is 10.7. The Morgan fingerprint density at radius 3 is 1.27 bits per heavy atom. The summed E-state index contributed by atoms with van der Waals surface area (Å²) in [6.45, 7) is -0.278. The highest BCUT2D eigenvalue weighted by Crippen LogP contribution is 1.67. The molecule has 0 aliphatic rings. The van der Waals surface area contributed by atoms with Gasteiger partial charge in [-0.15, -0.1) is 0 Å². The number of aliphatic carboxylic acids is 1. The summed E-state index contributed by atoms with van der Waals surface area (Å²) >= 11 is -1.58. The zero-order valence-corrected chi connectivity index (χ0v) is 8.94. The molecule has 0 fully saturated rings. The molecule has 13 heteroatoms. The van der Waals surface area contributed by atoms with Gasteiger partial charge < -0.3 is 38.3 Å². The van der Waals surface area contributed by atoms with Gasteiger partial charge in [0.1, 0.15) is 0 Å². The van der Waals surface area contributed by atoms with Crippen LogP contribution in [0.1, 0.15) is 0 Å². The first-order chi connectivity index (χ1) is 5.68. The van der Waals surface area contributed by atoms with Crippen LogP contribution in [0.15, 0.2) is 0 Å². The van der Waals surface area contributed by atoms with Gasteiger partial charge in [0.15, 0.2) is 17.4 Å². The molecule has 0 amide bonds. The first kappa shape index (κ1) is 29.9. The van der Waals surface area contributed by atoms with Crippen molar-refractivity contribution in [3.8, 4) is 0 Å². The molecule has 0 aromatic rings. The molecule has 0 aliphatic carbocycles. The van der Waals surface area contributed by atoms with E-state index in [-0.39, 0.29) is 47.0 Å². The van der Waals surface area contributed by atoms with Gasteiger partial charge in [0.05, 0.1) is 6.54 Å².